The normalized spacial score (nSPS) is 9.64. The fourth-order valence-electron chi connectivity index (χ4n) is 0.387. The zero-order valence-corrected chi connectivity index (χ0v) is 8.18. The van der Waals surface area contributed by atoms with E-state index in [0.29, 0.717) is 4.48 Å². The second-order valence-corrected chi connectivity index (χ2v) is 3.43. The second kappa shape index (κ2) is 5.92. The van der Waals surface area contributed by atoms with Gasteiger partial charge in [-0.05, 0) is 0 Å². The summed E-state index contributed by atoms with van der Waals surface area (Å²) in [6.45, 7) is 0.0694. The van der Waals surface area contributed by atoms with Gasteiger partial charge in [-0.15, -0.1) is 0 Å². The van der Waals surface area contributed by atoms with Crippen LogP contribution in [0.2, 0.25) is 0 Å². The minimum atomic E-state index is -1.82. The van der Waals surface area contributed by atoms with Gasteiger partial charge < -0.3 is 24.6 Å². The van der Waals surface area contributed by atoms with E-state index in [4.69, 9.17) is 19.8 Å². The summed E-state index contributed by atoms with van der Waals surface area (Å²) in [5.41, 5.74) is 0. The number of nitrogens with zero attached hydrogens (tertiary/aromatic N) is 1. The summed E-state index contributed by atoms with van der Waals surface area (Å²) in [4.78, 5) is 28.1. The lowest BCUT2D eigenvalue weighted by Gasteiger charge is -2.23. The highest BCUT2D eigenvalue weighted by atomic mass is 16.4. The molecule has 7 heteroatoms. The number of likely N-dealkylation sites (N-methyl/N-ethyl adjacent to an activating group) is 1. The molecule has 0 fully saturated rings. The number of aliphatic carboxylic acids is 3. The van der Waals surface area contributed by atoms with Crippen LogP contribution in [-0.2, 0) is 14.4 Å². The molecule has 0 heterocycles. The zero-order valence-electron chi connectivity index (χ0n) is 8.18. The maximum atomic E-state index is 9.89. The topological polar surface area (TPSA) is 115 Å². The Bertz CT molecular complexity index is 217. The Morgan fingerprint density at radius 2 is 1.36 bits per heavy atom. The third kappa shape index (κ3) is 16.8. The summed E-state index contributed by atoms with van der Waals surface area (Å²) in [5, 5.41) is 24.7. The SMILES string of the molecule is C[N+](C)(C)CC(=O)[O-].O=C(O)C(=O)O. The first kappa shape index (κ1) is 14.9. The molecular formula is C7H13NO6. The number of rotatable bonds is 2. The summed E-state index contributed by atoms with van der Waals surface area (Å²) in [5.74, 6) is -4.65. The maximum absolute atomic E-state index is 9.89. The van der Waals surface area contributed by atoms with Gasteiger partial charge >= 0.3 is 11.9 Å². The standard InChI is InChI=1S/C5H11NO2.C2H2O4/c1-6(2,3)4-5(7)8;3-1(4)2(5)6/h4H2,1-3H3;(H,3,4)(H,5,6). The molecule has 0 rings (SSSR count). The van der Waals surface area contributed by atoms with Crippen molar-refractivity contribution < 1.29 is 34.2 Å². The fraction of sp³-hybridized carbons (Fsp3) is 0.571. The molecule has 0 amide bonds. The number of carbonyl (C=O) groups is 3. The van der Waals surface area contributed by atoms with Crippen molar-refractivity contribution >= 4 is 17.9 Å². The Morgan fingerprint density at radius 1 is 1.07 bits per heavy atom. The molecule has 2 N–H and O–H groups in total. The minimum absolute atomic E-state index is 0.0694. The molecular weight excluding hydrogens is 194 g/mol. The van der Waals surface area contributed by atoms with Crippen molar-refractivity contribution in [1.29, 1.82) is 0 Å². The maximum Gasteiger partial charge on any atom is 0.414 e. The number of quaternary nitrogens is 1. The molecule has 82 valence electrons. The lowest BCUT2D eigenvalue weighted by molar-refractivity contribution is -0.864. The van der Waals surface area contributed by atoms with Crippen molar-refractivity contribution in [3.8, 4) is 0 Å². The lowest BCUT2D eigenvalue weighted by Crippen LogP contribution is -2.45. The van der Waals surface area contributed by atoms with Crippen LogP contribution >= 0.6 is 0 Å². The van der Waals surface area contributed by atoms with Crippen LogP contribution in [0.5, 0.6) is 0 Å². The molecule has 0 aromatic rings. The quantitative estimate of drug-likeness (QED) is 0.385. The van der Waals surface area contributed by atoms with E-state index in [1.54, 1.807) is 21.1 Å². The average molecular weight is 207 g/mol. The van der Waals surface area contributed by atoms with Crippen molar-refractivity contribution in [3.05, 3.63) is 0 Å². The molecule has 0 saturated carbocycles. The van der Waals surface area contributed by atoms with Crippen LogP contribution in [0.3, 0.4) is 0 Å². The predicted molar refractivity (Wildman–Crippen MR) is 43.2 cm³/mol. The van der Waals surface area contributed by atoms with E-state index < -0.39 is 17.9 Å². The number of carboxylic acid groups (broad SMARTS) is 3. The number of carbonyl (C=O) groups excluding carboxylic acids is 1. The molecule has 0 unspecified atom stereocenters. The van der Waals surface area contributed by atoms with Crippen LogP contribution in [0, 0.1) is 0 Å². The highest BCUT2D eigenvalue weighted by molar-refractivity contribution is 6.27. The van der Waals surface area contributed by atoms with Crippen LogP contribution in [0.25, 0.3) is 0 Å². The molecule has 14 heavy (non-hydrogen) atoms. The van der Waals surface area contributed by atoms with E-state index >= 15 is 0 Å². The largest absolute Gasteiger partial charge is 0.544 e. The van der Waals surface area contributed by atoms with Gasteiger partial charge in [-0.25, -0.2) is 9.59 Å². The van der Waals surface area contributed by atoms with Crippen molar-refractivity contribution in [2.24, 2.45) is 0 Å². The van der Waals surface area contributed by atoms with Crippen molar-refractivity contribution in [2.75, 3.05) is 27.7 Å². The first-order chi connectivity index (χ1) is 6.06. The van der Waals surface area contributed by atoms with Gasteiger partial charge in [0.05, 0.1) is 27.1 Å². The summed E-state index contributed by atoms with van der Waals surface area (Å²) in [7, 11) is 5.40. The molecule has 0 saturated heterocycles. The van der Waals surface area contributed by atoms with E-state index in [2.05, 4.69) is 0 Å². The number of carboxylic acids is 3. The molecule has 0 bridgehead atoms. The van der Waals surface area contributed by atoms with Gasteiger partial charge in [0.2, 0.25) is 0 Å². The van der Waals surface area contributed by atoms with Gasteiger partial charge in [0.1, 0.15) is 6.54 Å². The van der Waals surface area contributed by atoms with Crippen LogP contribution in [0.4, 0.5) is 0 Å². The lowest BCUT2D eigenvalue weighted by atomic mass is 10.5. The summed E-state index contributed by atoms with van der Waals surface area (Å²) >= 11 is 0. The highest BCUT2D eigenvalue weighted by Gasteiger charge is 2.05. The van der Waals surface area contributed by atoms with Crippen molar-refractivity contribution in [3.63, 3.8) is 0 Å². The van der Waals surface area contributed by atoms with E-state index in [1.807, 2.05) is 0 Å². The van der Waals surface area contributed by atoms with Gasteiger partial charge in [0.25, 0.3) is 0 Å². The molecule has 0 aliphatic rings. The molecule has 0 aliphatic carbocycles. The van der Waals surface area contributed by atoms with Crippen LogP contribution in [0.1, 0.15) is 0 Å². The van der Waals surface area contributed by atoms with Crippen LogP contribution in [0.15, 0.2) is 0 Å². The third-order valence-corrected chi connectivity index (χ3v) is 0.786. The highest BCUT2D eigenvalue weighted by Crippen LogP contribution is 1.84. The van der Waals surface area contributed by atoms with Gasteiger partial charge in [0.15, 0.2) is 0 Å². The Balaban J connectivity index is 0. The Hall–Kier alpha value is -1.63. The fourth-order valence-corrected chi connectivity index (χ4v) is 0.387. The average Bonchev–Trinajstić information content (AvgIpc) is 1.81. The van der Waals surface area contributed by atoms with E-state index in [1.165, 1.54) is 0 Å². The monoisotopic (exact) mass is 207 g/mol. The van der Waals surface area contributed by atoms with Crippen LogP contribution < -0.4 is 5.11 Å². The summed E-state index contributed by atoms with van der Waals surface area (Å²) < 4.78 is 0.419. The summed E-state index contributed by atoms with van der Waals surface area (Å²) in [6, 6.07) is 0. The number of hydrogen-bond acceptors (Lipinski definition) is 4. The molecule has 0 aliphatic heterocycles. The van der Waals surface area contributed by atoms with Gasteiger partial charge in [-0.2, -0.15) is 0 Å². The van der Waals surface area contributed by atoms with Crippen molar-refractivity contribution in [2.45, 2.75) is 0 Å². The first-order valence-electron chi connectivity index (χ1n) is 3.53. The zero-order chi connectivity index (χ0) is 11.9. The molecule has 0 atom stereocenters. The predicted octanol–water partition coefficient (Wildman–Crippen LogP) is -2.40. The Morgan fingerprint density at radius 3 is 1.36 bits per heavy atom. The Labute approximate surface area is 80.8 Å². The third-order valence-electron chi connectivity index (χ3n) is 0.786. The van der Waals surface area contributed by atoms with E-state index in [-0.39, 0.29) is 6.54 Å². The van der Waals surface area contributed by atoms with Gasteiger partial charge in [-0.1, -0.05) is 0 Å². The van der Waals surface area contributed by atoms with Crippen molar-refractivity contribution in [1.82, 2.24) is 0 Å². The summed E-state index contributed by atoms with van der Waals surface area (Å²) in [6.07, 6.45) is 0. The Kier molecular flexibility index (Phi) is 6.29. The first-order valence-corrected chi connectivity index (χ1v) is 3.53. The minimum Gasteiger partial charge on any atom is -0.544 e. The number of hydrogen-bond donors (Lipinski definition) is 2. The molecule has 0 spiro atoms. The molecule has 7 nitrogen and oxygen atoms in total. The van der Waals surface area contributed by atoms with Gasteiger partial charge in [-0.3, -0.25) is 0 Å². The smallest absolute Gasteiger partial charge is 0.414 e. The second-order valence-electron chi connectivity index (χ2n) is 3.43. The van der Waals surface area contributed by atoms with E-state index in [9.17, 15) is 9.90 Å². The molecule has 0 radical (unpaired) electrons. The molecule has 0 aromatic carbocycles. The van der Waals surface area contributed by atoms with E-state index in [0.717, 1.165) is 0 Å². The van der Waals surface area contributed by atoms with Crippen LogP contribution in [-0.4, -0.2) is 60.3 Å². The molecule has 0 aromatic heterocycles. The van der Waals surface area contributed by atoms with Gasteiger partial charge in [0, 0.05) is 0 Å².